The van der Waals surface area contributed by atoms with Crippen LogP contribution in [0.5, 0.6) is 5.88 Å². The van der Waals surface area contributed by atoms with Crippen molar-refractivity contribution >= 4 is 17.8 Å². The standard InChI is InChI=1S/C22H21F4N5O2/c1-29-8-7-28-31(29)20-15(3-2-4-16(20)23)21(32)30-12-13-9-17(30)18(10-13)33-19-6-5-14(11-27-19)22(24,25)26/h2-7,11,13,17-18H,8-10,12H2,1H3. The van der Waals surface area contributed by atoms with Crippen molar-refractivity contribution in [2.24, 2.45) is 11.0 Å². The third-order valence-corrected chi connectivity index (χ3v) is 6.30. The molecular weight excluding hydrogens is 442 g/mol. The molecule has 2 bridgehead atoms. The summed E-state index contributed by atoms with van der Waals surface area (Å²) < 4.78 is 59.0. The number of para-hydroxylation sites is 1. The highest BCUT2D eigenvalue weighted by Gasteiger charge is 2.49. The van der Waals surface area contributed by atoms with Crippen molar-refractivity contribution < 1.29 is 27.1 Å². The first-order valence-corrected chi connectivity index (χ1v) is 10.6. The SMILES string of the molecule is CN1CC=NN1c1c(F)cccc1C(=O)N1CC2CC(Oc3ccc(C(F)(F)F)cn3)C1C2. The predicted molar refractivity (Wildman–Crippen MR) is 111 cm³/mol. The maximum atomic E-state index is 14.8. The molecule has 1 aromatic carbocycles. The molecule has 5 rings (SSSR count). The molecule has 0 spiro atoms. The number of amides is 1. The van der Waals surface area contributed by atoms with Gasteiger partial charge in [0.25, 0.3) is 5.91 Å². The third-order valence-electron chi connectivity index (χ3n) is 6.30. The number of fused-ring (bicyclic) bond motifs is 2. The number of hydrogen-bond donors (Lipinski definition) is 0. The molecule has 0 N–H and O–H groups in total. The van der Waals surface area contributed by atoms with Gasteiger partial charge in [-0.25, -0.2) is 9.37 Å². The largest absolute Gasteiger partial charge is 0.472 e. The van der Waals surface area contributed by atoms with Crippen LogP contribution < -0.4 is 9.85 Å². The van der Waals surface area contributed by atoms with Crippen LogP contribution in [-0.2, 0) is 6.18 Å². The molecular formula is C22H21F4N5O2. The number of aromatic nitrogens is 1. The molecule has 3 heterocycles. The number of hydrazone groups is 1. The molecule has 7 nitrogen and oxygen atoms in total. The normalized spacial score (nSPS) is 24.7. The minimum absolute atomic E-state index is 0.0763. The number of nitrogens with zero attached hydrogens (tertiary/aromatic N) is 5. The van der Waals surface area contributed by atoms with Crippen LogP contribution in [0.15, 0.2) is 41.6 Å². The lowest BCUT2D eigenvalue weighted by molar-refractivity contribution is -0.137. The number of alkyl halides is 3. The Kier molecular flexibility index (Phi) is 5.23. The van der Waals surface area contributed by atoms with Gasteiger partial charge in [-0.2, -0.15) is 28.4 Å². The fourth-order valence-electron chi connectivity index (χ4n) is 4.77. The van der Waals surface area contributed by atoms with Crippen LogP contribution in [0.25, 0.3) is 0 Å². The van der Waals surface area contributed by atoms with Gasteiger partial charge in [-0.05, 0) is 37.0 Å². The number of carbonyl (C=O) groups excluding carboxylic acids is 1. The van der Waals surface area contributed by atoms with Gasteiger partial charge in [0, 0.05) is 32.1 Å². The molecule has 2 fully saturated rings. The molecule has 3 aliphatic rings. The molecule has 2 aromatic rings. The number of hydrogen-bond acceptors (Lipinski definition) is 6. The molecule has 0 radical (unpaired) electrons. The fourth-order valence-corrected chi connectivity index (χ4v) is 4.77. The molecule has 1 aromatic heterocycles. The first-order chi connectivity index (χ1) is 15.7. The number of piperidine rings is 1. The van der Waals surface area contributed by atoms with Crippen molar-refractivity contribution in [2.75, 3.05) is 25.3 Å². The predicted octanol–water partition coefficient (Wildman–Crippen LogP) is 3.57. The number of pyridine rings is 1. The van der Waals surface area contributed by atoms with Gasteiger partial charge in [-0.3, -0.25) is 4.79 Å². The molecule has 11 heteroatoms. The Hall–Kier alpha value is -3.21. The molecule has 3 unspecified atom stereocenters. The Morgan fingerprint density at radius 3 is 2.64 bits per heavy atom. The minimum Gasteiger partial charge on any atom is -0.472 e. The van der Waals surface area contributed by atoms with E-state index in [0.29, 0.717) is 25.9 Å². The fraction of sp³-hybridized carbons (Fsp3) is 0.409. The Morgan fingerprint density at radius 2 is 2.00 bits per heavy atom. The zero-order valence-corrected chi connectivity index (χ0v) is 17.7. The number of hydrazine groups is 1. The Bertz CT molecular complexity index is 1090. The summed E-state index contributed by atoms with van der Waals surface area (Å²) in [6.07, 6.45) is -1.13. The van der Waals surface area contributed by atoms with Crippen LogP contribution in [0.4, 0.5) is 23.2 Å². The Balaban J connectivity index is 1.36. The lowest BCUT2D eigenvalue weighted by Gasteiger charge is -2.34. The summed E-state index contributed by atoms with van der Waals surface area (Å²) in [7, 11) is 1.74. The van der Waals surface area contributed by atoms with E-state index in [1.165, 1.54) is 23.3 Å². The quantitative estimate of drug-likeness (QED) is 0.649. The smallest absolute Gasteiger partial charge is 0.417 e. The average molecular weight is 463 g/mol. The highest BCUT2D eigenvalue weighted by molar-refractivity contribution is 6.00. The van der Waals surface area contributed by atoms with E-state index in [4.69, 9.17) is 4.74 Å². The molecule has 1 aliphatic carbocycles. The summed E-state index contributed by atoms with van der Waals surface area (Å²) >= 11 is 0. The second-order valence-electron chi connectivity index (χ2n) is 8.47. The van der Waals surface area contributed by atoms with Crippen molar-refractivity contribution in [3.8, 4) is 5.88 Å². The van der Waals surface area contributed by atoms with Crippen LogP contribution in [0.1, 0.15) is 28.8 Å². The van der Waals surface area contributed by atoms with Crippen molar-refractivity contribution in [1.82, 2.24) is 14.9 Å². The van der Waals surface area contributed by atoms with E-state index in [-0.39, 0.29) is 35.0 Å². The average Bonchev–Trinajstić information content (AvgIpc) is 3.49. The maximum absolute atomic E-state index is 14.8. The summed E-state index contributed by atoms with van der Waals surface area (Å²) in [5.74, 6) is -0.616. The lowest BCUT2D eigenvalue weighted by Crippen LogP contribution is -2.47. The third kappa shape index (κ3) is 3.90. The minimum atomic E-state index is -4.47. The van der Waals surface area contributed by atoms with Gasteiger partial charge < -0.3 is 9.64 Å². The lowest BCUT2D eigenvalue weighted by atomic mass is 10.1. The molecule has 33 heavy (non-hydrogen) atoms. The number of carbonyl (C=O) groups is 1. The van der Waals surface area contributed by atoms with Gasteiger partial charge >= 0.3 is 6.18 Å². The van der Waals surface area contributed by atoms with Crippen LogP contribution in [0, 0.1) is 11.7 Å². The second kappa shape index (κ2) is 7.98. The van der Waals surface area contributed by atoms with Gasteiger partial charge in [0.2, 0.25) is 5.88 Å². The Labute approximate surface area is 187 Å². The summed E-state index contributed by atoms with van der Waals surface area (Å²) in [5, 5.41) is 7.23. The second-order valence-corrected chi connectivity index (χ2v) is 8.47. The molecule has 1 saturated heterocycles. The number of anilines is 1. The van der Waals surface area contributed by atoms with Crippen molar-refractivity contribution in [3.63, 3.8) is 0 Å². The van der Waals surface area contributed by atoms with E-state index in [9.17, 15) is 22.4 Å². The summed E-state index contributed by atoms with van der Waals surface area (Å²) in [6, 6.07) is 6.17. The van der Waals surface area contributed by atoms with E-state index in [0.717, 1.165) is 12.3 Å². The number of likely N-dealkylation sites (tertiary alicyclic amines) is 1. The van der Waals surface area contributed by atoms with Crippen molar-refractivity contribution in [1.29, 1.82) is 0 Å². The first-order valence-electron chi connectivity index (χ1n) is 10.6. The molecule has 3 atom stereocenters. The molecule has 1 saturated carbocycles. The van der Waals surface area contributed by atoms with E-state index in [2.05, 4.69) is 10.1 Å². The van der Waals surface area contributed by atoms with E-state index in [1.807, 2.05) is 0 Å². The number of benzene rings is 1. The van der Waals surface area contributed by atoms with Crippen LogP contribution in [0.2, 0.25) is 0 Å². The van der Waals surface area contributed by atoms with Crippen LogP contribution >= 0.6 is 0 Å². The maximum Gasteiger partial charge on any atom is 0.417 e. The number of ether oxygens (including phenoxy) is 1. The van der Waals surface area contributed by atoms with Crippen molar-refractivity contribution in [2.45, 2.75) is 31.2 Å². The summed E-state index contributed by atoms with van der Waals surface area (Å²) in [6.45, 7) is 1.01. The van der Waals surface area contributed by atoms with E-state index < -0.39 is 23.7 Å². The molecule has 1 amide bonds. The van der Waals surface area contributed by atoms with Crippen LogP contribution in [0.3, 0.4) is 0 Å². The van der Waals surface area contributed by atoms with Gasteiger partial charge in [0.1, 0.15) is 11.8 Å². The molecule has 2 aliphatic heterocycles. The zero-order chi connectivity index (χ0) is 23.3. The van der Waals surface area contributed by atoms with Gasteiger partial charge in [-0.1, -0.05) is 6.07 Å². The number of halogens is 4. The first kappa shape index (κ1) is 21.6. The van der Waals surface area contributed by atoms with Crippen molar-refractivity contribution in [3.05, 3.63) is 53.5 Å². The Morgan fingerprint density at radius 1 is 1.18 bits per heavy atom. The van der Waals surface area contributed by atoms with Crippen LogP contribution in [-0.4, -0.2) is 59.3 Å². The monoisotopic (exact) mass is 463 g/mol. The van der Waals surface area contributed by atoms with Gasteiger partial charge in [0.05, 0.1) is 23.7 Å². The summed E-state index contributed by atoms with van der Waals surface area (Å²) in [5.41, 5.74) is -0.573. The highest BCUT2D eigenvalue weighted by atomic mass is 19.4. The van der Waals surface area contributed by atoms with E-state index in [1.54, 1.807) is 29.2 Å². The zero-order valence-electron chi connectivity index (χ0n) is 17.7. The number of rotatable bonds is 4. The summed E-state index contributed by atoms with van der Waals surface area (Å²) in [4.78, 5) is 18.9. The topological polar surface area (TPSA) is 61.3 Å². The molecule has 174 valence electrons. The van der Waals surface area contributed by atoms with Gasteiger partial charge in [0.15, 0.2) is 5.82 Å². The van der Waals surface area contributed by atoms with Gasteiger partial charge in [-0.15, -0.1) is 0 Å². The highest BCUT2D eigenvalue weighted by Crippen LogP contribution is 2.41. The van der Waals surface area contributed by atoms with E-state index >= 15 is 0 Å².